The van der Waals surface area contributed by atoms with Crippen molar-refractivity contribution in [3.8, 4) is 0 Å². The number of carbonyl (C=O) groups excluding carboxylic acids is 3. The van der Waals surface area contributed by atoms with Crippen LogP contribution < -0.4 is 0 Å². The van der Waals surface area contributed by atoms with E-state index in [1.165, 1.54) is 0 Å². The molecule has 0 radical (unpaired) electrons. The second-order valence-electron chi connectivity index (χ2n) is 8.86. The Hall–Kier alpha value is -1.67. The van der Waals surface area contributed by atoms with Crippen molar-refractivity contribution in [1.29, 1.82) is 0 Å². The van der Waals surface area contributed by atoms with Gasteiger partial charge in [-0.15, -0.1) is 0 Å². The lowest BCUT2D eigenvalue weighted by Gasteiger charge is -2.42. The maximum Gasteiger partial charge on any atom is 0.306 e. The minimum atomic E-state index is -0.319. The van der Waals surface area contributed by atoms with E-state index in [0.29, 0.717) is 32.0 Å². The molecule has 0 aromatic rings. The molecule has 3 saturated heterocycles. The molecule has 3 aliphatic rings. The first-order valence-electron chi connectivity index (χ1n) is 11.7. The van der Waals surface area contributed by atoms with Crippen molar-refractivity contribution in [2.75, 3.05) is 66.0 Å². The van der Waals surface area contributed by atoms with E-state index in [1.54, 1.807) is 0 Å². The Kier molecular flexibility index (Phi) is 8.93. The van der Waals surface area contributed by atoms with Crippen molar-refractivity contribution in [1.82, 2.24) is 19.6 Å². The van der Waals surface area contributed by atoms with E-state index in [9.17, 15) is 14.4 Å². The minimum absolute atomic E-state index is 0.0580. The molecule has 0 N–H and O–H groups in total. The molecule has 0 saturated carbocycles. The van der Waals surface area contributed by atoms with Gasteiger partial charge < -0.3 is 19.4 Å². The zero-order valence-electron chi connectivity index (χ0n) is 18.5. The van der Waals surface area contributed by atoms with E-state index in [1.807, 2.05) is 9.80 Å². The number of hydrogen-bond acceptors (Lipinski definition) is 6. The van der Waals surface area contributed by atoms with Gasteiger partial charge in [-0.3, -0.25) is 19.3 Å². The van der Waals surface area contributed by atoms with E-state index in [-0.39, 0.29) is 30.6 Å². The van der Waals surface area contributed by atoms with Crippen LogP contribution in [-0.2, 0) is 19.1 Å². The molecule has 30 heavy (non-hydrogen) atoms. The maximum atomic E-state index is 12.5. The Morgan fingerprint density at radius 2 is 1.70 bits per heavy atom. The second kappa shape index (κ2) is 11.6. The number of piperidine rings is 2. The highest BCUT2D eigenvalue weighted by Gasteiger charge is 2.28. The standard InChI is InChI=1S/C22H38N4O4/c1-23-14-16-24(17-15-23)19-8-12-26(13-9-19)21(28)6-7-22(29)30-18-4-11-25-10-3-2-5-20(25)27/h19H,2-18H2,1H3. The van der Waals surface area contributed by atoms with Gasteiger partial charge in [0.2, 0.25) is 11.8 Å². The van der Waals surface area contributed by atoms with Crippen molar-refractivity contribution < 1.29 is 19.1 Å². The summed E-state index contributed by atoms with van der Waals surface area (Å²) in [5, 5.41) is 0. The Morgan fingerprint density at radius 1 is 0.967 bits per heavy atom. The highest BCUT2D eigenvalue weighted by molar-refractivity contribution is 5.81. The SMILES string of the molecule is CN1CCN(C2CCN(C(=O)CCC(=O)OCCCN3CCCCC3=O)CC2)CC1. The van der Waals surface area contributed by atoms with Crippen molar-refractivity contribution >= 4 is 17.8 Å². The van der Waals surface area contributed by atoms with Gasteiger partial charge in [-0.2, -0.15) is 0 Å². The molecule has 3 fully saturated rings. The number of hydrogen-bond donors (Lipinski definition) is 0. The minimum Gasteiger partial charge on any atom is -0.466 e. The molecule has 0 bridgehead atoms. The molecular weight excluding hydrogens is 384 g/mol. The summed E-state index contributed by atoms with van der Waals surface area (Å²) in [6.45, 7) is 7.82. The molecule has 170 valence electrons. The maximum absolute atomic E-state index is 12.5. The van der Waals surface area contributed by atoms with Crippen LogP contribution >= 0.6 is 0 Å². The fraction of sp³-hybridized carbons (Fsp3) is 0.864. The highest BCUT2D eigenvalue weighted by atomic mass is 16.5. The average Bonchev–Trinajstić information content (AvgIpc) is 2.77. The largest absolute Gasteiger partial charge is 0.466 e. The zero-order valence-corrected chi connectivity index (χ0v) is 18.5. The smallest absolute Gasteiger partial charge is 0.306 e. The van der Waals surface area contributed by atoms with Gasteiger partial charge in [0.1, 0.15) is 0 Å². The van der Waals surface area contributed by atoms with Crippen LogP contribution in [0.15, 0.2) is 0 Å². The molecule has 0 aromatic carbocycles. The molecule has 3 rings (SSSR count). The molecule has 2 amide bonds. The molecule has 0 aromatic heterocycles. The molecule has 0 aliphatic carbocycles. The van der Waals surface area contributed by atoms with Gasteiger partial charge in [-0.25, -0.2) is 0 Å². The molecular formula is C22H38N4O4. The van der Waals surface area contributed by atoms with Crippen molar-refractivity contribution in [2.24, 2.45) is 0 Å². The quantitative estimate of drug-likeness (QED) is 0.428. The van der Waals surface area contributed by atoms with Crippen LogP contribution in [0.2, 0.25) is 0 Å². The van der Waals surface area contributed by atoms with E-state index in [2.05, 4.69) is 16.8 Å². The molecule has 0 unspecified atom stereocenters. The van der Waals surface area contributed by atoms with Crippen molar-refractivity contribution in [2.45, 2.75) is 57.4 Å². The van der Waals surface area contributed by atoms with Gasteiger partial charge in [0.15, 0.2) is 0 Å². The summed E-state index contributed by atoms with van der Waals surface area (Å²) in [7, 11) is 2.17. The van der Waals surface area contributed by atoms with Crippen LogP contribution in [0, 0.1) is 0 Å². The van der Waals surface area contributed by atoms with Crippen LogP contribution in [0.5, 0.6) is 0 Å². The number of nitrogens with zero attached hydrogens (tertiary/aromatic N) is 4. The second-order valence-corrected chi connectivity index (χ2v) is 8.86. The number of esters is 1. The number of ether oxygens (including phenoxy) is 1. The number of carbonyl (C=O) groups is 3. The molecule has 3 heterocycles. The van der Waals surface area contributed by atoms with Crippen LogP contribution in [-0.4, -0.2) is 109 Å². The summed E-state index contributed by atoms with van der Waals surface area (Å²) in [5.74, 6) is -0.0575. The monoisotopic (exact) mass is 422 g/mol. The van der Waals surface area contributed by atoms with Gasteiger partial charge in [0, 0.05) is 71.2 Å². The lowest BCUT2D eigenvalue weighted by Crippen LogP contribution is -2.53. The Labute approximate surface area is 180 Å². The van der Waals surface area contributed by atoms with E-state index < -0.39 is 0 Å². The van der Waals surface area contributed by atoms with E-state index in [0.717, 1.165) is 71.5 Å². The molecule has 3 aliphatic heterocycles. The lowest BCUT2D eigenvalue weighted by atomic mass is 10.0. The topological polar surface area (TPSA) is 73.4 Å². The summed E-state index contributed by atoms with van der Waals surface area (Å²) in [5.41, 5.74) is 0. The predicted octanol–water partition coefficient (Wildman–Crippen LogP) is 0.951. The van der Waals surface area contributed by atoms with Gasteiger partial charge >= 0.3 is 5.97 Å². The van der Waals surface area contributed by atoms with E-state index in [4.69, 9.17) is 4.74 Å². The average molecular weight is 423 g/mol. The fourth-order valence-corrected chi connectivity index (χ4v) is 4.65. The van der Waals surface area contributed by atoms with Crippen molar-refractivity contribution in [3.63, 3.8) is 0 Å². The van der Waals surface area contributed by atoms with Gasteiger partial charge in [-0.05, 0) is 39.2 Å². The lowest BCUT2D eigenvalue weighted by molar-refractivity contribution is -0.146. The molecule has 0 spiro atoms. The number of rotatable bonds is 8. The molecule has 0 atom stereocenters. The highest BCUT2D eigenvalue weighted by Crippen LogP contribution is 2.19. The van der Waals surface area contributed by atoms with Crippen LogP contribution in [0.3, 0.4) is 0 Å². The molecule has 8 nitrogen and oxygen atoms in total. The predicted molar refractivity (Wildman–Crippen MR) is 114 cm³/mol. The first-order valence-corrected chi connectivity index (χ1v) is 11.7. The van der Waals surface area contributed by atoms with Crippen LogP contribution in [0.1, 0.15) is 51.4 Å². The number of likely N-dealkylation sites (N-methyl/N-ethyl adjacent to an activating group) is 1. The normalized spacial score (nSPS) is 22.4. The number of piperazine rings is 1. The fourth-order valence-electron chi connectivity index (χ4n) is 4.65. The molecule has 8 heteroatoms. The summed E-state index contributed by atoms with van der Waals surface area (Å²) in [4.78, 5) is 44.8. The van der Waals surface area contributed by atoms with Crippen LogP contribution in [0.4, 0.5) is 0 Å². The third-order valence-corrected chi connectivity index (χ3v) is 6.67. The van der Waals surface area contributed by atoms with Crippen LogP contribution in [0.25, 0.3) is 0 Å². The summed E-state index contributed by atoms with van der Waals surface area (Å²) in [6.07, 6.45) is 5.73. The number of amides is 2. The van der Waals surface area contributed by atoms with E-state index >= 15 is 0 Å². The Bertz CT molecular complexity index is 584. The number of likely N-dealkylation sites (tertiary alicyclic amines) is 2. The Morgan fingerprint density at radius 3 is 2.40 bits per heavy atom. The summed E-state index contributed by atoms with van der Waals surface area (Å²) >= 11 is 0. The van der Waals surface area contributed by atoms with Gasteiger partial charge in [0.05, 0.1) is 13.0 Å². The first kappa shape index (κ1) is 23.0. The van der Waals surface area contributed by atoms with Gasteiger partial charge in [-0.1, -0.05) is 0 Å². The third kappa shape index (κ3) is 6.94. The first-order chi connectivity index (χ1) is 14.5. The zero-order chi connectivity index (χ0) is 21.3. The summed E-state index contributed by atoms with van der Waals surface area (Å²) in [6, 6.07) is 0.583. The van der Waals surface area contributed by atoms with Gasteiger partial charge in [0.25, 0.3) is 0 Å². The van der Waals surface area contributed by atoms with Crippen molar-refractivity contribution in [3.05, 3.63) is 0 Å². The Balaban J connectivity index is 1.24. The third-order valence-electron chi connectivity index (χ3n) is 6.67. The summed E-state index contributed by atoms with van der Waals surface area (Å²) < 4.78 is 5.25.